The van der Waals surface area contributed by atoms with Gasteiger partial charge in [-0.15, -0.1) is 0 Å². The molecule has 1 saturated carbocycles. The topological polar surface area (TPSA) is 58.2 Å². The number of hydrogen-bond acceptors (Lipinski definition) is 2. The highest BCUT2D eigenvalue weighted by atomic mass is 16.2. The summed E-state index contributed by atoms with van der Waals surface area (Å²) in [5.74, 6) is -0.988. The molecule has 0 radical (unpaired) electrons. The van der Waals surface area contributed by atoms with E-state index in [-0.39, 0.29) is 12.1 Å². The smallest absolute Gasteiger partial charge is 0.309 e. The Bertz CT molecular complexity index is 620. The number of hydrogen-bond donors (Lipinski definition) is 2. The Labute approximate surface area is 150 Å². The third kappa shape index (κ3) is 4.62. The Morgan fingerprint density at radius 2 is 1.72 bits per heavy atom. The van der Waals surface area contributed by atoms with Crippen LogP contribution in [0, 0.1) is 0 Å². The summed E-state index contributed by atoms with van der Waals surface area (Å²) in [4.78, 5) is 24.5. The summed E-state index contributed by atoms with van der Waals surface area (Å²) in [5.41, 5.74) is 3.95. The molecule has 0 aromatic heterocycles. The van der Waals surface area contributed by atoms with Gasteiger partial charge in [0.15, 0.2) is 0 Å². The highest BCUT2D eigenvalue weighted by molar-refractivity contribution is 6.35. The minimum Gasteiger partial charge on any atom is -0.345 e. The summed E-state index contributed by atoms with van der Waals surface area (Å²) in [6.45, 7) is 2.05. The molecule has 25 heavy (non-hydrogen) atoms. The monoisotopic (exact) mass is 342 g/mol. The van der Waals surface area contributed by atoms with Crippen molar-refractivity contribution in [2.75, 3.05) is 0 Å². The molecule has 2 N–H and O–H groups in total. The average molecular weight is 342 g/mol. The normalized spacial score (nSPS) is 18.9. The third-order valence-electron chi connectivity index (χ3n) is 5.64. The van der Waals surface area contributed by atoms with Gasteiger partial charge in [-0.3, -0.25) is 9.59 Å². The summed E-state index contributed by atoms with van der Waals surface area (Å²) in [7, 11) is 0. The van der Waals surface area contributed by atoms with Crippen molar-refractivity contribution in [1.29, 1.82) is 0 Å². The number of carbonyl (C=O) groups excluding carboxylic acids is 2. The van der Waals surface area contributed by atoms with Crippen LogP contribution in [0.25, 0.3) is 0 Å². The predicted octanol–water partition coefficient (Wildman–Crippen LogP) is 3.58. The quantitative estimate of drug-likeness (QED) is 0.822. The van der Waals surface area contributed by atoms with Gasteiger partial charge < -0.3 is 10.6 Å². The van der Waals surface area contributed by atoms with E-state index in [9.17, 15) is 9.59 Å². The molecule has 1 aromatic carbocycles. The number of fused-ring (bicyclic) bond motifs is 1. The molecule has 0 spiro atoms. The molecule has 1 aromatic rings. The van der Waals surface area contributed by atoms with Crippen molar-refractivity contribution in [3.05, 3.63) is 34.9 Å². The minimum absolute atomic E-state index is 0.100. The van der Waals surface area contributed by atoms with Crippen LogP contribution in [0.2, 0.25) is 0 Å². The van der Waals surface area contributed by atoms with Gasteiger partial charge in [0.25, 0.3) is 0 Å². The van der Waals surface area contributed by atoms with Gasteiger partial charge in [0.2, 0.25) is 0 Å². The fraction of sp³-hybridized carbons (Fsp3) is 0.619. The Kier molecular flexibility index (Phi) is 6.11. The molecule has 0 aliphatic heterocycles. The second-order valence-electron chi connectivity index (χ2n) is 7.48. The average Bonchev–Trinajstić information content (AvgIpc) is 2.66. The molecule has 1 atom stereocenters. The van der Waals surface area contributed by atoms with Crippen LogP contribution in [0.4, 0.5) is 0 Å². The van der Waals surface area contributed by atoms with E-state index in [0.29, 0.717) is 0 Å². The van der Waals surface area contributed by atoms with Crippen LogP contribution in [-0.2, 0) is 22.4 Å². The van der Waals surface area contributed by atoms with Crippen molar-refractivity contribution in [3.8, 4) is 0 Å². The summed E-state index contributed by atoms with van der Waals surface area (Å²) in [6.07, 6.45) is 11.0. The van der Waals surface area contributed by atoms with Crippen LogP contribution in [0.5, 0.6) is 0 Å². The number of benzene rings is 1. The van der Waals surface area contributed by atoms with E-state index < -0.39 is 11.8 Å². The lowest BCUT2D eigenvalue weighted by Gasteiger charge is -2.24. The maximum absolute atomic E-state index is 12.3. The zero-order valence-corrected chi connectivity index (χ0v) is 15.3. The van der Waals surface area contributed by atoms with Gasteiger partial charge in [-0.1, -0.05) is 44.4 Å². The number of amides is 2. The molecule has 0 heterocycles. The summed E-state index contributed by atoms with van der Waals surface area (Å²) >= 11 is 0. The fourth-order valence-corrected chi connectivity index (χ4v) is 4.11. The van der Waals surface area contributed by atoms with Crippen LogP contribution >= 0.6 is 0 Å². The number of rotatable bonds is 4. The Hall–Kier alpha value is -1.84. The van der Waals surface area contributed by atoms with Crippen LogP contribution < -0.4 is 10.6 Å². The van der Waals surface area contributed by atoms with Crippen LogP contribution in [0.3, 0.4) is 0 Å². The standard InChI is InChI=1S/C21H30N2O2/c1-2-19(17-13-12-15-8-6-7-9-16(15)14-17)23-21(25)20(24)22-18-10-4-3-5-11-18/h12-14,18-19H,2-11H2,1H3,(H,22,24)(H,23,25). The highest BCUT2D eigenvalue weighted by Gasteiger charge is 2.23. The van der Waals surface area contributed by atoms with Crippen molar-refractivity contribution < 1.29 is 9.59 Å². The molecule has 2 aliphatic carbocycles. The van der Waals surface area contributed by atoms with E-state index in [2.05, 4.69) is 28.8 Å². The molecule has 2 aliphatic rings. The first-order valence-electron chi connectivity index (χ1n) is 9.90. The van der Waals surface area contributed by atoms with Gasteiger partial charge in [0.1, 0.15) is 0 Å². The van der Waals surface area contributed by atoms with Crippen molar-refractivity contribution in [3.63, 3.8) is 0 Å². The molecule has 1 fully saturated rings. The zero-order chi connectivity index (χ0) is 17.6. The summed E-state index contributed by atoms with van der Waals surface area (Å²) < 4.78 is 0. The van der Waals surface area contributed by atoms with E-state index in [4.69, 9.17) is 0 Å². The predicted molar refractivity (Wildman–Crippen MR) is 99.3 cm³/mol. The lowest BCUT2D eigenvalue weighted by atomic mass is 9.89. The van der Waals surface area contributed by atoms with E-state index in [1.54, 1.807) is 0 Å². The van der Waals surface area contributed by atoms with E-state index in [1.807, 2.05) is 6.92 Å². The molecule has 3 rings (SSSR count). The molecular formula is C21H30N2O2. The van der Waals surface area contributed by atoms with Gasteiger partial charge in [0, 0.05) is 6.04 Å². The second-order valence-corrected chi connectivity index (χ2v) is 7.48. The lowest BCUT2D eigenvalue weighted by molar-refractivity contribution is -0.140. The molecule has 1 unspecified atom stereocenters. The largest absolute Gasteiger partial charge is 0.345 e. The molecule has 4 heteroatoms. The molecule has 0 bridgehead atoms. The number of aryl methyl sites for hydroxylation is 2. The van der Waals surface area contributed by atoms with Gasteiger partial charge in [-0.2, -0.15) is 0 Å². The van der Waals surface area contributed by atoms with Crippen LogP contribution in [0.15, 0.2) is 18.2 Å². The second kappa shape index (κ2) is 8.50. The summed E-state index contributed by atoms with van der Waals surface area (Å²) in [6, 6.07) is 6.59. The number of carbonyl (C=O) groups is 2. The van der Waals surface area contributed by atoms with E-state index in [1.165, 1.54) is 30.4 Å². The van der Waals surface area contributed by atoms with E-state index in [0.717, 1.165) is 50.5 Å². The van der Waals surface area contributed by atoms with Gasteiger partial charge in [0.05, 0.1) is 6.04 Å². The minimum atomic E-state index is -0.504. The van der Waals surface area contributed by atoms with Gasteiger partial charge >= 0.3 is 11.8 Å². The third-order valence-corrected chi connectivity index (χ3v) is 5.64. The molecule has 4 nitrogen and oxygen atoms in total. The van der Waals surface area contributed by atoms with Gasteiger partial charge in [-0.25, -0.2) is 0 Å². The van der Waals surface area contributed by atoms with Crippen molar-refractivity contribution in [1.82, 2.24) is 10.6 Å². The van der Waals surface area contributed by atoms with E-state index >= 15 is 0 Å². The molecule has 136 valence electrons. The molecule has 2 amide bonds. The first kappa shape index (κ1) is 18.0. The first-order valence-corrected chi connectivity index (χ1v) is 9.90. The Morgan fingerprint density at radius 3 is 2.44 bits per heavy atom. The van der Waals surface area contributed by atoms with Crippen molar-refractivity contribution in [2.45, 2.75) is 83.2 Å². The fourth-order valence-electron chi connectivity index (χ4n) is 4.11. The van der Waals surface area contributed by atoms with Crippen LogP contribution in [0.1, 0.15) is 81.0 Å². The lowest BCUT2D eigenvalue weighted by Crippen LogP contribution is -2.46. The maximum Gasteiger partial charge on any atom is 0.309 e. The van der Waals surface area contributed by atoms with Crippen molar-refractivity contribution >= 4 is 11.8 Å². The first-order chi connectivity index (χ1) is 12.2. The number of nitrogens with one attached hydrogen (secondary N) is 2. The zero-order valence-electron chi connectivity index (χ0n) is 15.3. The highest BCUT2D eigenvalue weighted by Crippen LogP contribution is 2.26. The van der Waals surface area contributed by atoms with Gasteiger partial charge in [-0.05, 0) is 61.6 Å². The van der Waals surface area contributed by atoms with Crippen LogP contribution in [-0.4, -0.2) is 17.9 Å². The summed E-state index contributed by atoms with van der Waals surface area (Å²) in [5, 5.41) is 5.83. The Balaban J connectivity index is 1.61. The Morgan fingerprint density at radius 1 is 1.00 bits per heavy atom. The molecular weight excluding hydrogens is 312 g/mol. The molecule has 0 saturated heterocycles. The SMILES string of the molecule is CCC(NC(=O)C(=O)NC1CCCCC1)c1ccc2c(c1)CCCC2. The van der Waals surface area contributed by atoms with Crippen molar-refractivity contribution in [2.24, 2.45) is 0 Å². The maximum atomic E-state index is 12.3.